The Hall–Kier alpha value is -2.67. The Bertz CT molecular complexity index is 825. The van der Waals surface area contributed by atoms with E-state index in [1.54, 1.807) is 10.7 Å². The van der Waals surface area contributed by atoms with E-state index in [9.17, 15) is 9.59 Å². The number of aromatic nitrogens is 2. The summed E-state index contributed by atoms with van der Waals surface area (Å²) in [6, 6.07) is 11.5. The second-order valence-corrected chi connectivity index (χ2v) is 7.14. The van der Waals surface area contributed by atoms with Gasteiger partial charge in [-0.15, -0.1) is 0 Å². The van der Waals surface area contributed by atoms with Crippen LogP contribution in [-0.4, -0.2) is 58.3 Å². The van der Waals surface area contributed by atoms with E-state index in [-0.39, 0.29) is 24.0 Å². The Balaban J connectivity index is 1.43. The lowest BCUT2D eigenvalue weighted by Crippen LogP contribution is -2.59. The highest BCUT2D eigenvalue weighted by atomic mass is 16.5. The van der Waals surface area contributed by atoms with Gasteiger partial charge in [-0.3, -0.25) is 14.3 Å². The molecule has 0 radical (unpaired) electrons. The minimum absolute atomic E-state index is 0.0181. The van der Waals surface area contributed by atoms with E-state index in [4.69, 9.17) is 4.74 Å². The number of nitrogens with zero attached hydrogens (tertiary/aromatic N) is 4. The van der Waals surface area contributed by atoms with E-state index in [0.29, 0.717) is 38.2 Å². The van der Waals surface area contributed by atoms with Crippen molar-refractivity contribution in [2.75, 3.05) is 31.1 Å². The van der Waals surface area contributed by atoms with Crippen molar-refractivity contribution in [1.29, 1.82) is 0 Å². The molecular formula is C20H24N4O3. The zero-order chi connectivity index (χ0) is 18.9. The summed E-state index contributed by atoms with van der Waals surface area (Å²) in [5.74, 6) is -0.0562. The lowest BCUT2D eigenvalue weighted by Gasteiger charge is -2.46. The molecule has 2 aromatic rings. The Kier molecular flexibility index (Phi) is 4.70. The number of carbonyl (C=O) groups excluding carboxylic acids is 2. The van der Waals surface area contributed by atoms with Gasteiger partial charge in [0, 0.05) is 31.5 Å². The van der Waals surface area contributed by atoms with Gasteiger partial charge in [-0.25, -0.2) is 0 Å². The number of likely N-dealkylation sites (tertiary alicyclic amines) is 1. The van der Waals surface area contributed by atoms with Gasteiger partial charge in [-0.2, -0.15) is 5.10 Å². The Labute approximate surface area is 158 Å². The first-order valence-corrected chi connectivity index (χ1v) is 9.42. The molecule has 2 saturated heterocycles. The molecule has 2 amide bonds. The second kappa shape index (κ2) is 7.15. The molecule has 1 spiro atoms. The molecule has 0 aliphatic carbocycles. The highest BCUT2D eigenvalue weighted by Gasteiger charge is 2.43. The fourth-order valence-corrected chi connectivity index (χ4v) is 3.79. The summed E-state index contributed by atoms with van der Waals surface area (Å²) in [6.07, 6.45) is 3.25. The van der Waals surface area contributed by atoms with Crippen LogP contribution in [0.25, 0.3) is 0 Å². The van der Waals surface area contributed by atoms with E-state index >= 15 is 0 Å². The predicted molar refractivity (Wildman–Crippen MR) is 101 cm³/mol. The fourth-order valence-electron chi connectivity index (χ4n) is 3.79. The van der Waals surface area contributed by atoms with Crippen LogP contribution in [0.5, 0.6) is 0 Å². The van der Waals surface area contributed by atoms with Gasteiger partial charge >= 0.3 is 0 Å². The molecule has 7 nitrogen and oxygen atoms in total. The molecule has 4 rings (SSSR count). The molecule has 3 heterocycles. The quantitative estimate of drug-likeness (QED) is 0.830. The molecule has 0 N–H and O–H groups in total. The van der Waals surface area contributed by atoms with Crippen molar-refractivity contribution in [3.05, 3.63) is 48.3 Å². The van der Waals surface area contributed by atoms with Gasteiger partial charge in [-0.1, -0.05) is 18.2 Å². The number of amides is 2. The smallest absolute Gasteiger partial charge is 0.274 e. The SMILES string of the molecule is CCn1ccc(C(=O)N2CCC3(CC2)CN(c2ccccc2)C(=O)CO3)n1. The maximum Gasteiger partial charge on any atom is 0.274 e. The number of aryl methyl sites for hydroxylation is 1. The lowest BCUT2D eigenvalue weighted by atomic mass is 9.89. The summed E-state index contributed by atoms with van der Waals surface area (Å²) in [4.78, 5) is 28.7. The van der Waals surface area contributed by atoms with Crippen LogP contribution < -0.4 is 4.90 Å². The highest BCUT2D eigenvalue weighted by molar-refractivity contribution is 5.95. The Morgan fingerprint density at radius 3 is 2.59 bits per heavy atom. The van der Waals surface area contributed by atoms with Gasteiger partial charge in [0.2, 0.25) is 0 Å². The number of hydrogen-bond acceptors (Lipinski definition) is 4. The fraction of sp³-hybridized carbons (Fsp3) is 0.450. The van der Waals surface area contributed by atoms with Crippen molar-refractivity contribution in [2.45, 2.75) is 31.9 Å². The van der Waals surface area contributed by atoms with Gasteiger partial charge in [-0.05, 0) is 38.0 Å². The van der Waals surface area contributed by atoms with E-state index < -0.39 is 0 Å². The van der Waals surface area contributed by atoms with Gasteiger partial charge in [0.1, 0.15) is 12.3 Å². The third kappa shape index (κ3) is 3.47. The number of carbonyl (C=O) groups is 2. The average molecular weight is 368 g/mol. The minimum Gasteiger partial charge on any atom is -0.363 e. The van der Waals surface area contributed by atoms with Gasteiger partial charge in [0.05, 0.1) is 12.1 Å². The van der Waals surface area contributed by atoms with Crippen molar-refractivity contribution in [2.24, 2.45) is 0 Å². The van der Waals surface area contributed by atoms with Crippen LogP contribution in [0.15, 0.2) is 42.6 Å². The third-order valence-corrected chi connectivity index (χ3v) is 5.46. The first-order chi connectivity index (χ1) is 13.1. The first kappa shape index (κ1) is 17.7. The number of morpholine rings is 1. The molecule has 7 heteroatoms. The molecule has 0 unspecified atom stereocenters. The zero-order valence-electron chi connectivity index (χ0n) is 15.5. The van der Waals surface area contributed by atoms with Crippen LogP contribution in [0.4, 0.5) is 5.69 Å². The van der Waals surface area contributed by atoms with E-state index in [1.165, 1.54) is 0 Å². The molecule has 2 fully saturated rings. The van der Waals surface area contributed by atoms with Gasteiger partial charge in [0.25, 0.3) is 11.8 Å². The molecule has 0 saturated carbocycles. The molecule has 0 bridgehead atoms. The molecule has 1 aromatic heterocycles. The summed E-state index contributed by atoms with van der Waals surface area (Å²) in [7, 11) is 0. The van der Waals surface area contributed by atoms with Crippen molar-refractivity contribution in [1.82, 2.24) is 14.7 Å². The number of anilines is 1. The monoisotopic (exact) mass is 368 g/mol. The predicted octanol–water partition coefficient (Wildman–Crippen LogP) is 1.94. The summed E-state index contributed by atoms with van der Waals surface area (Å²) >= 11 is 0. The molecule has 27 heavy (non-hydrogen) atoms. The van der Waals surface area contributed by atoms with Crippen molar-refractivity contribution in [3.8, 4) is 0 Å². The number of para-hydroxylation sites is 1. The topological polar surface area (TPSA) is 67.7 Å². The van der Waals surface area contributed by atoms with Crippen molar-refractivity contribution >= 4 is 17.5 Å². The lowest BCUT2D eigenvalue weighted by molar-refractivity contribution is -0.143. The molecule has 2 aliphatic rings. The minimum atomic E-state index is -0.386. The van der Waals surface area contributed by atoms with Gasteiger partial charge in [0.15, 0.2) is 0 Å². The maximum absolute atomic E-state index is 12.7. The molecular weight excluding hydrogens is 344 g/mol. The zero-order valence-corrected chi connectivity index (χ0v) is 15.5. The first-order valence-electron chi connectivity index (χ1n) is 9.42. The Morgan fingerprint density at radius 1 is 1.19 bits per heavy atom. The normalized spacial score (nSPS) is 19.5. The van der Waals surface area contributed by atoms with Crippen LogP contribution in [0.2, 0.25) is 0 Å². The van der Waals surface area contributed by atoms with Crippen LogP contribution in [0.1, 0.15) is 30.3 Å². The van der Waals surface area contributed by atoms with Gasteiger partial charge < -0.3 is 14.5 Å². The summed E-state index contributed by atoms with van der Waals surface area (Å²) in [6.45, 7) is 4.56. The van der Waals surface area contributed by atoms with Crippen LogP contribution in [0, 0.1) is 0 Å². The largest absolute Gasteiger partial charge is 0.363 e. The number of piperidine rings is 1. The third-order valence-electron chi connectivity index (χ3n) is 5.46. The van der Waals surface area contributed by atoms with E-state index in [2.05, 4.69) is 5.10 Å². The van der Waals surface area contributed by atoms with Crippen LogP contribution >= 0.6 is 0 Å². The standard InChI is InChI=1S/C20H24N4O3/c1-2-23-11-8-17(21-23)19(26)22-12-9-20(10-13-22)15-24(18(25)14-27-20)16-6-4-3-5-7-16/h3-8,11H,2,9-10,12-15H2,1H3. The Morgan fingerprint density at radius 2 is 1.93 bits per heavy atom. The summed E-state index contributed by atoms with van der Waals surface area (Å²) in [5.41, 5.74) is 0.996. The van der Waals surface area contributed by atoms with E-state index in [0.717, 1.165) is 12.2 Å². The molecule has 142 valence electrons. The van der Waals surface area contributed by atoms with Crippen LogP contribution in [0.3, 0.4) is 0 Å². The summed E-state index contributed by atoms with van der Waals surface area (Å²) in [5, 5.41) is 4.31. The second-order valence-electron chi connectivity index (χ2n) is 7.14. The summed E-state index contributed by atoms with van der Waals surface area (Å²) < 4.78 is 7.73. The molecule has 1 aromatic carbocycles. The maximum atomic E-state index is 12.7. The number of hydrogen-bond donors (Lipinski definition) is 0. The average Bonchev–Trinajstić information content (AvgIpc) is 3.20. The molecule has 2 aliphatic heterocycles. The van der Waals surface area contributed by atoms with Crippen LogP contribution in [-0.2, 0) is 16.1 Å². The van der Waals surface area contributed by atoms with Crippen molar-refractivity contribution < 1.29 is 14.3 Å². The molecule has 0 atom stereocenters. The number of benzene rings is 1. The number of ether oxygens (including phenoxy) is 1. The highest BCUT2D eigenvalue weighted by Crippen LogP contribution is 2.33. The van der Waals surface area contributed by atoms with Crippen molar-refractivity contribution in [3.63, 3.8) is 0 Å². The van der Waals surface area contributed by atoms with E-state index in [1.807, 2.05) is 53.3 Å². The number of rotatable bonds is 3.